The fraction of sp³-hybridized carbons (Fsp3) is 0.562. The molecule has 0 aliphatic carbocycles. The van der Waals surface area contributed by atoms with E-state index >= 15 is 0 Å². The molecular formula is C16H27FN4O2S2. The third kappa shape index (κ3) is 10.3. The van der Waals surface area contributed by atoms with Gasteiger partial charge in [-0.3, -0.25) is 4.99 Å². The summed E-state index contributed by atoms with van der Waals surface area (Å²) in [5, 5.41) is 6.30. The van der Waals surface area contributed by atoms with E-state index in [1.165, 1.54) is 12.1 Å². The number of nitrogens with zero attached hydrogens (tertiary/aromatic N) is 1. The molecule has 0 aliphatic rings. The van der Waals surface area contributed by atoms with Gasteiger partial charge in [0.2, 0.25) is 10.0 Å². The molecule has 0 aromatic heterocycles. The molecule has 0 amide bonds. The van der Waals surface area contributed by atoms with Crippen molar-refractivity contribution in [3.8, 4) is 0 Å². The summed E-state index contributed by atoms with van der Waals surface area (Å²) in [4.78, 5) is 5.16. The van der Waals surface area contributed by atoms with E-state index in [9.17, 15) is 12.8 Å². The maximum atomic E-state index is 12.8. The average Bonchev–Trinajstić information content (AvgIpc) is 2.49. The molecule has 6 nitrogen and oxygen atoms in total. The van der Waals surface area contributed by atoms with Crippen molar-refractivity contribution >= 4 is 27.7 Å². The maximum Gasteiger partial charge on any atom is 0.209 e. The second kappa shape index (κ2) is 9.98. The predicted octanol–water partition coefficient (Wildman–Crippen LogP) is 1.80. The number of sulfonamides is 1. The van der Waals surface area contributed by atoms with Crippen molar-refractivity contribution in [3.63, 3.8) is 0 Å². The Labute approximate surface area is 154 Å². The van der Waals surface area contributed by atoms with E-state index in [2.05, 4.69) is 20.3 Å². The number of benzene rings is 1. The molecule has 0 atom stereocenters. The van der Waals surface area contributed by atoms with Gasteiger partial charge >= 0.3 is 0 Å². The molecule has 25 heavy (non-hydrogen) atoms. The maximum absolute atomic E-state index is 12.8. The van der Waals surface area contributed by atoms with Crippen molar-refractivity contribution < 1.29 is 12.8 Å². The van der Waals surface area contributed by atoms with Gasteiger partial charge in [-0.2, -0.15) is 0 Å². The molecule has 9 heteroatoms. The summed E-state index contributed by atoms with van der Waals surface area (Å²) in [5.41, 5.74) is -0.621. The van der Waals surface area contributed by atoms with Gasteiger partial charge in [-0.1, -0.05) is 0 Å². The van der Waals surface area contributed by atoms with Gasteiger partial charge in [0, 0.05) is 30.6 Å². The Bertz CT molecular complexity index is 661. The van der Waals surface area contributed by atoms with Gasteiger partial charge in [0.25, 0.3) is 0 Å². The molecule has 0 heterocycles. The van der Waals surface area contributed by atoms with Crippen LogP contribution >= 0.6 is 11.8 Å². The lowest BCUT2D eigenvalue weighted by atomic mass is 10.1. The standard InChI is InChI=1S/C16H27FN4O2S2/c1-16(2,21-25(4,22)23)12-20-15(18-3)19-10-5-11-24-14-8-6-13(17)7-9-14/h6-9,21H,5,10-12H2,1-4H3,(H2,18,19,20). The normalized spacial score (nSPS) is 12.9. The Morgan fingerprint density at radius 1 is 1.24 bits per heavy atom. The fourth-order valence-corrected chi connectivity index (χ4v) is 3.99. The van der Waals surface area contributed by atoms with Crippen LogP contribution in [0.15, 0.2) is 34.2 Å². The summed E-state index contributed by atoms with van der Waals surface area (Å²) >= 11 is 1.67. The van der Waals surface area contributed by atoms with Crippen molar-refractivity contribution in [2.24, 2.45) is 4.99 Å². The lowest BCUT2D eigenvalue weighted by Crippen LogP contribution is -2.53. The highest BCUT2D eigenvalue weighted by atomic mass is 32.2. The quantitative estimate of drug-likeness (QED) is 0.259. The lowest BCUT2D eigenvalue weighted by molar-refractivity contribution is 0.446. The van der Waals surface area contributed by atoms with Crippen LogP contribution in [-0.4, -0.2) is 52.1 Å². The second-order valence-corrected chi connectivity index (χ2v) is 9.18. The average molecular weight is 391 g/mol. The summed E-state index contributed by atoms with van der Waals surface area (Å²) < 4.78 is 38.1. The molecule has 0 saturated heterocycles. The lowest BCUT2D eigenvalue weighted by Gasteiger charge is -2.26. The first-order valence-electron chi connectivity index (χ1n) is 7.93. The summed E-state index contributed by atoms with van der Waals surface area (Å²) in [5.74, 6) is 1.29. The predicted molar refractivity (Wildman–Crippen MR) is 103 cm³/mol. The highest BCUT2D eigenvalue weighted by Crippen LogP contribution is 2.18. The number of guanidine groups is 1. The van der Waals surface area contributed by atoms with Gasteiger partial charge in [-0.15, -0.1) is 11.8 Å². The Balaban J connectivity index is 2.27. The molecule has 0 radical (unpaired) electrons. The molecule has 3 N–H and O–H groups in total. The Morgan fingerprint density at radius 2 is 1.88 bits per heavy atom. The number of halogens is 1. The number of nitrogens with one attached hydrogen (secondary N) is 3. The molecule has 1 aromatic carbocycles. The van der Waals surface area contributed by atoms with E-state index in [0.29, 0.717) is 12.5 Å². The van der Waals surface area contributed by atoms with E-state index < -0.39 is 15.6 Å². The number of hydrogen-bond donors (Lipinski definition) is 3. The van der Waals surface area contributed by atoms with Crippen molar-refractivity contribution in [2.75, 3.05) is 32.1 Å². The van der Waals surface area contributed by atoms with Gasteiger partial charge in [-0.25, -0.2) is 17.5 Å². The van der Waals surface area contributed by atoms with Crippen LogP contribution in [0.4, 0.5) is 4.39 Å². The topological polar surface area (TPSA) is 82.6 Å². The third-order valence-corrected chi connectivity index (χ3v) is 5.10. The number of hydrogen-bond acceptors (Lipinski definition) is 4. The largest absolute Gasteiger partial charge is 0.356 e. The van der Waals surface area contributed by atoms with Crippen molar-refractivity contribution in [1.29, 1.82) is 0 Å². The SMILES string of the molecule is CN=C(NCCCSc1ccc(F)cc1)NCC(C)(C)NS(C)(=O)=O. The minimum Gasteiger partial charge on any atom is -0.356 e. The van der Waals surface area contributed by atoms with Crippen LogP contribution in [0.25, 0.3) is 0 Å². The summed E-state index contributed by atoms with van der Waals surface area (Å²) in [6.45, 7) is 4.74. The molecule has 0 fully saturated rings. The van der Waals surface area contributed by atoms with Crippen molar-refractivity contribution in [2.45, 2.75) is 30.7 Å². The third-order valence-electron chi connectivity index (χ3n) is 3.08. The van der Waals surface area contributed by atoms with Crippen LogP contribution in [0.3, 0.4) is 0 Å². The van der Waals surface area contributed by atoms with Crippen LogP contribution in [-0.2, 0) is 10.0 Å². The monoisotopic (exact) mass is 390 g/mol. The van der Waals surface area contributed by atoms with Gasteiger partial charge in [0.15, 0.2) is 5.96 Å². The Kier molecular flexibility index (Phi) is 8.67. The van der Waals surface area contributed by atoms with Gasteiger partial charge < -0.3 is 10.6 Å². The zero-order valence-corrected chi connectivity index (χ0v) is 16.7. The van der Waals surface area contributed by atoms with Gasteiger partial charge in [-0.05, 0) is 50.3 Å². The van der Waals surface area contributed by atoms with Gasteiger partial charge in [0.05, 0.1) is 6.26 Å². The zero-order valence-electron chi connectivity index (χ0n) is 15.1. The zero-order chi connectivity index (χ0) is 18.9. The number of aliphatic imine (C=N–C) groups is 1. The Hall–Kier alpha value is -1.32. The Morgan fingerprint density at radius 3 is 2.44 bits per heavy atom. The summed E-state index contributed by atoms with van der Waals surface area (Å²) in [7, 11) is -1.60. The summed E-state index contributed by atoms with van der Waals surface area (Å²) in [6.07, 6.45) is 2.05. The molecule has 0 saturated carbocycles. The smallest absolute Gasteiger partial charge is 0.209 e. The van der Waals surface area contributed by atoms with E-state index in [1.54, 1.807) is 44.8 Å². The molecule has 0 spiro atoms. The van der Waals surface area contributed by atoms with E-state index in [4.69, 9.17) is 0 Å². The molecule has 1 rings (SSSR count). The molecule has 0 unspecified atom stereocenters. The van der Waals surface area contributed by atoms with E-state index in [0.717, 1.165) is 29.9 Å². The van der Waals surface area contributed by atoms with E-state index in [1.807, 2.05) is 0 Å². The first-order valence-corrected chi connectivity index (χ1v) is 10.8. The fourth-order valence-electron chi connectivity index (χ4n) is 2.06. The minimum atomic E-state index is -3.27. The van der Waals surface area contributed by atoms with Crippen LogP contribution < -0.4 is 15.4 Å². The van der Waals surface area contributed by atoms with Crippen LogP contribution in [0.2, 0.25) is 0 Å². The number of thioether (sulfide) groups is 1. The molecular weight excluding hydrogens is 363 g/mol. The highest BCUT2D eigenvalue weighted by Gasteiger charge is 2.22. The van der Waals surface area contributed by atoms with Crippen LogP contribution in [0.1, 0.15) is 20.3 Å². The van der Waals surface area contributed by atoms with Crippen LogP contribution in [0.5, 0.6) is 0 Å². The first kappa shape index (κ1) is 21.7. The van der Waals surface area contributed by atoms with Gasteiger partial charge in [0.1, 0.15) is 5.82 Å². The second-order valence-electron chi connectivity index (χ2n) is 6.27. The highest BCUT2D eigenvalue weighted by molar-refractivity contribution is 7.99. The van der Waals surface area contributed by atoms with Crippen molar-refractivity contribution in [1.82, 2.24) is 15.4 Å². The van der Waals surface area contributed by atoms with Crippen LogP contribution in [0, 0.1) is 5.82 Å². The first-order chi connectivity index (χ1) is 11.6. The van der Waals surface area contributed by atoms with E-state index in [-0.39, 0.29) is 5.82 Å². The molecule has 0 aliphatic heterocycles. The number of rotatable bonds is 9. The minimum absolute atomic E-state index is 0.228. The molecule has 0 bridgehead atoms. The molecule has 142 valence electrons. The summed E-state index contributed by atoms with van der Waals surface area (Å²) in [6, 6.07) is 6.45. The molecule has 1 aromatic rings. The van der Waals surface area contributed by atoms with Crippen molar-refractivity contribution in [3.05, 3.63) is 30.1 Å².